The summed E-state index contributed by atoms with van der Waals surface area (Å²) in [5, 5.41) is 13.3. The van der Waals surface area contributed by atoms with E-state index in [9.17, 15) is 0 Å². The average molecular weight is 909 g/mol. The lowest BCUT2D eigenvalue weighted by Gasteiger charge is -2.14. The third kappa shape index (κ3) is 5.79. The van der Waals surface area contributed by atoms with E-state index in [0.717, 1.165) is 54.4 Å². The molecule has 0 fully saturated rings. The van der Waals surface area contributed by atoms with Gasteiger partial charge in [-0.25, -0.2) is 15.0 Å². The van der Waals surface area contributed by atoms with Crippen molar-refractivity contribution in [1.29, 1.82) is 0 Å². The lowest BCUT2D eigenvalue weighted by atomic mass is 10.00. The fraction of sp³-hybridized carbons (Fsp3) is 0.0167. The van der Waals surface area contributed by atoms with Crippen molar-refractivity contribution in [2.24, 2.45) is 0 Å². The second kappa shape index (κ2) is 14.9. The smallest absolute Gasteiger partial charge is 0.165 e. The molecule has 14 rings (SSSR count). The maximum absolute atomic E-state index is 5.60. The minimum absolute atomic E-state index is 0.638. The van der Waals surface area contributed by atoms with Crippen molar-refractivity contribution in [1.82, 2.24) is 19.5 Å². The summed E-state index contributed by atoms with van der Waals surface area (Å²) in [5.74, 6) is 1.93. The van der Waals surface area contributed by atoms with E-state index >= 15 is 0 Å². The zero-order chi connectivity index (χ0) is 44.3. The first-order valence-electron chi connectivity index (χ1n) is 22.4. The van der Waals surface area contributed by atoms with Gasteiger partial charge in [-0.3, -0.25) is 0 Å². The average Bonchev–Trinajstić information content (AvgIpc) is 4.13. The topological polar surface area (TPSA) is 43.6 Å². The van der Waals surface area contributed by atoms with Crippen molar-refractivity contribution < 1.29 is 0 Å². The second-order valence-electron chi connectivity index (χ2n) is 17.1. The number of allylic oxidation sites excluding steroid dienone is 2. The quantitative estimate of drug-likeness (QED) is 0.156. The van der Waals surface area contributed by atoms with E-state index in [1.54, 1.807) is 34.0 Å². The van der Waals surface area contributed by atoms with Crippen LogP contribution in [0.5, 0.6) is 0 Å². The van der Waals surface area contributed by atoms with Crippen LogP contribution < -0.4 is 0 Å². The number of nitrogens with zero attached hydrogens (tertiary/aromatic N) is 4. The Labute approximate surface area is 396 Å². The number of hydrogen-bond donors (Lipinski definition) is 0. The van der Waals surface area contributed by atoms with Gasteiger partial charge in [0.1, 0.15) is 0 Å². The predicted molar refractivity (Wildman–Crippen MR) is 291 cm³/mol. The first-order valence-corrected chi connectivity index (χ1v) is 24.8. The van der Waals surface area contributed by atoms with Crippen LogP contribution >= 0.6 is 34.0 Å². The molecule has 0 saturated carbocycles. The van der Waals surface area contributed by atoms with Gasteiger partial charge >= 0.3 is 0 Å². The zero-order valence-corrected chi connectivity index (χ0v) is 38.6. The third-order valence-corrected chi connectivity index (χ3v) is 16.8. The van der Waals surface area contributed by atoms with Crippen LogP contribution in [0.2, 0.25) is 0 Å². The molecule has 0 radical (unpaired) electrons. The lowest BCUT2D eigenvalue weighted by Crippen LogP contribution is -2.02. The number of thiophene rings is 3. The number of fused-ring (bicyclic) bond motifs is 14. The van der Waals surface area contributed by atoms with Gasteiger partial charge in [0, 0.05) is 88.5 Å². The monoisotopic (exact) mass is 908 g/mol. The maximum atomic E-state index is 5.60. The summed E-state index contributed by atoms with van der Waals surface area (Å²) in [5.41, 5.74) is 7.46. The van der Waals surface area contributed by atoms with E-state index in [-0.39, 0.29) is 0 Å². The van der Waals surface area contributed by atoms with Crippen LogP contribution in [-0.4, -0.2) is 19.5 Å². The molecule has 4 nitrogen and oxygen atoms in total. The number of benzene rings is 9. The molecule has 0 saturated heterocycles. The Morgan fingerprint density at radius 2 is 0.985 bits per heavy atom. The first kappa shape index (κ1) is 38.5. The van der Waals surface area contributed by atoms with Crippen molar-refractivity contribution in [3.8, 4) is 39.9 Å². The molecule has 0 bridgehead atoms. The summed E-state index contributed by atoms with van der Waals surface area (Å²) in [6.07, 6.45) is 6.01. The zero-order valence-electron chi connectivity index (χ0n) is 36.1. The van der Waals surface area contributed by atoms with E-state index in [1.165, 1.54) is 72.2 Å². The van der Waals surface area contributed by atoms with Crippen molar-refractivity contribution in [3.63, 3.8) is 0 Å². The molecule has 0 spiro atoms. The molecule has 5 heterocycles. The minimum Gasteiger partial charge on any atom is -0.309 e. The maximum Gasteiger partial charge on any atom is 0.165 e. The number of hydrogen-bond acceptors (Lipinski definition) is 6. The summed E-state index contributed by atoms with van der Waals surface area (Å²) in [6, 6.07) is 61.8. The van der Waals surface area contributed by atoms with Crippen LogP contribution in [-0.2, 0) is 0 Å². The Bertz CT molecular complexity index is 4350. The van der Waals surface area contributed by atoms with Crippen LogP contribution in [0.3, 0.4) is 0 Å². The minimum atomic E-state index is 0.638. The Morgan fingerprint density at radius 3 is 1.64 bits per heavy atom. The Hall–Kier alpha value is -7.81. The van der Waals surface area contributed by atoms with Gasteiger partial charge in [-0.1, -0.05) is 146 Å². The van der Waals surface area contributed by atoms with E-state index in [0.29, 0.717) is 17.5 Å². The normalized spacial score (nSPS) is 12.3. The molecule has 0 unspecified atom stereocenters. The molecule has 9 aromatic carbocycles. The number of rotatable bonds is 6. The van der Waals surface area contributed by atoms with Crippen LogP contribution in [0, 0.1) is 6.92 Å². The van der Waals surface area contributed by atoms with Gasteiger partial charge in [0.15, 0.2) is 17.5 Å². The highest BCUT2D eigenvalue weighted by molar-refractivity contribution is 7.26. The summed E-state index contributed by atoms with van der Waals surface area (Å²) < 4.78 is 8.46. The molecule has 314 valence electrons. The molecule has 7 heteroatoms. The van der Waals surface area contributed by atoms with Gasteiger partial charge in [-0.05, 0) is 82.6 Å². The summed E-state index contributed by atoms with van der Waals surface area (Å²) in [4.78, 5) is 17.9. The van der Waals surface area contributed by atoms with Crippen LogP contribution in [0.15, 0.2) is 189 Å². The molecule has 0 aliphatic carbocycles. The van der Waals surface area contributed by atoms with E-state index < -0.39 is 0 Å². The van der Waals surface area contributed by atoms with Crippen molar-refractivity contribution in [3.05, 3.63) is 199 Å². The van der Waals surface area contributed by atoms with Gasteiger partial charge in [0.2, 0.25) is 0 Å². The molecule has 0 aliphatic heterocycles. The van der Waals surface area contributed by atoms with Crippen LogP contribution in [0.4, 0.5) is 0 Å². The van der Waals surface area contributed by atoms with E-state index in [4.69, 9.17) is 15.0 Å². The van der Waals surface area contributed by atoms with E-state index in [1.807, 2.05) is 12.2 Å². The van der Waals surface area contributed by atoms with Crippen molar-refractivity contribution >= 4 is 134 Å². The molecule has 0 amide bonds. The van der Waals surface area contributed by atoms with Crippen molar-refractivity contribution in [2.75, 3.05) is 0 Å². The number of aryl methyl sites for hydroxylation is 1. The molecule has 0 atom stereocenters. The second-order valence-corrected chi connectivity index (χ2v) is 20.5. The van der Waals surface area contributed by atoms with Gasteiger partial charge in [0.05, 0.1) is 11.0 Å². The molecular formula is C60H36N4S3. The highest BCUT2D eigenvalue weighted by Gasteiger charge is 2.24. The fourth-order valence-corrected chi connectivity index (χ4v) is 13.9. The Kier molecular flexibility index (Phi) is 8.53. The summed E-state index contributed by atoms with van der Waals surface area (Å²) in [6.45, 7) is 6.18. The van der Waals surface area contributed by atoms with Crippen molar-refractivity contribution in [2.45, 2.75) is 6.92 Å². The van der Waals surface area contributed by atoms with Crippen LogP contribution in [0.25, 0.3) is 140 Å². The Balaban J connectivity index is 1.12. The highest BCUT2D eigenvalue weighted by atomic mass is 32.1. The van der Waals surface area contributed by atoms with Gasteiger partial charge < -0.3 is 4.57 Å². The first-order chi connectivity index (χ1) is 33.1. The molecule has 67 heavy (non-hydrogen) atoms. The van der Waals surface area contributed by atoms with Crippen LogP contribution in [0.1, 0.15) is 10.4 Å². The summed E-state index contributed by atoms with van der Waals surface area (Å²) >= 11 is 5.40. The van der Waals surface area contributed by atoms with E-state index in [2.05, 4.69) is 194 Å². The molecule has 5 aromatic heterocycles. The largest absolute Gasteiger partial charge is 0.309 e. The molecule has 0 N–H and O–H groups in total. The van der Waals surface area contributed by atoms with Gasteiger partial charge in [-0.2, -0.15) is 0 Å². The fourth-order valence-electron chi connectivity index (χ4n) is 10.5. The standard InChI is InChI=1S/C60H36N4S3/c1-3-4-17-38-34(2)65-51-26-13-22-43(53(38)51)58-61-59(44-23-14-27-52-54(44)42-21-10-12-25-50(42)66-52)63-60(62-58)46-33-37(32-45-41-20-9-11-24-49(41)67-57(45)46)64-47-30-28-35-15-5-7-18-39(35)55(47)56-40-19-8-6-16-36(40)29-31-48(56)64/h3-33H,1H2,2H3/b17-4-. The SMILES string of the molecule is C=C/C=C\c1c(C)sc2cccc(-c3nc(-c4cc(-n5c6ccc7ccccc7c6c6c7ccccc7ccc65)cc5c4sc4ccccc45)nc(-c4cccc5sc6ccccc6c45)n3)c12. The number of aromatic nitrogens is 4. The third-order valence-electron chi connectivity index (χ3n) is 13.4. The molecule has 0 aliphatic rings. The molecular weight excluding hydrogens is 873 g/mol. The Morgan fingerprint density at radius 1 is 0.448 bits per heavy atom. The lowest BCUT2D eigenvalue weighted by molar-refractivity contribution is 1.08. The van der Waals surface area contributed by atoms with Gasteiger partial charge in [-0.15, -0.1) is 34.0 Å². The summed E-state index contributed by atoms with van der Waals surface area (Å²) in [7, 11) is 0. The molecule has 14 aromatic rings. The van der Waals surface area contributed by atoms with Gasteiger partial charge in [0.25, 0.3) is 0 Å². The highest BCUT2D eigenvalue weighted by Crippen LogP contribution is 2.47. The predicted octanol–water partition coefficient (Wildman–Crippen LogP) is 17.7.